The highest BCUT2D eigenvalue weighted by atomic mass is 35.5. The Hall–Kier alpha value is -1.39. The van der Waals surface area contributed by atoms with E-state index in [1.165, 1.54) is 0 Å². The van der Waals surface area contributed by atoms with Crippen LogP contribution in [0.3, 0.4) is 0 Å². The van der Waals surface area contributed by atoms with E-state index in [0.29, 0.717) is 0 Å². The third-order valence-electron chi connectivity index (χ3n) is 2.54. The lowest BCUT2D eigenvalue weighted by atomic mass is 10.0. The molecule has 16 heavy (non-hydrogen) atoms. The largest absolute Gasteiger partial charge is 0.308 e. The van der Waals surface area contributed by atoms with Crippen molar-refractivity contribution in [2.75, 3.05) is 7.05 Å². The van der Waals surface area contributed by atoms with Gasteiger partial charge >= 0.3 is 0 Å². The molecule has 1 unspecified atom stereocenters. The number of aryl methyl sites for hydroxylation is 1. The maximum absolute atomic E-state index is 5.87. The van der Waals surface area contributed by atoms with Crippen LogP contribution in [0.1, 0.15) is 17.3 Å². The Morgan fingerprint density at radius 2 is 2.00 bits per heavy atom. The zero-order chi connectivity index (χ0) is 11.5. The minimum absolute atomic E-state index is 0.0808. The second-order valence-corrected chi connectivity index (χ2v) is 3.99. The SMILES string of the molecule is CNC(c1ccc(Cl)cc1)c1cnnn1C. The molecule has 0 bridgehead atoms. The Morgan fingerprint density at radius 3 is 2.50 bits per heavy atom. The number of rotatable bonds is 3. The summed E-state index contributed by atoms with van der Waals surface area (Å²) in [4.78, 5) is 0. The first-order chi connectivity index (χ1) is 7.72. The molecule has 1 aromatic heterocycles. The van der Waals surface area contributed by atoms with E-state index in [4.69, 9.17) is 11.6 Å². The molecule has 1 aromatic carbocycles. The minimum atomic E-state index is 0.0808. The zero-order valence-electron chi connectivity index (χ0n) is 9.18. The fourth-order valence-corrected chi connectivity index (χ4v) is 1.83. The summed E-state index contributed by atoms with van der Waals surface area (Å²) in [6.45, 7) is 0. The van der Waals surface area contributed by atoms with Crippen molar-refractivity contribution in [3.05, 3.63) is 46.7 Å². The molecule has 1 N–H and O–H groups in total. The van der Waals surface area contributed by atoms with Crippen LogP contribution in [0.4, 0.5) is 0 Å². The fourth-order valence-electron chi connectivity index (χ4n) is 1.70. The normalized spacial score (nSPS) is 12.7. The van der Waals surface area contributed by atoms with Crippen molar-refractivity contribution in [2.24, 2.45) is 7.05 Å². The first kappa shape index (κ1) is 11.1. The number of benzene rings is 1. The van der Waals surface area contributed by atoms with Crippen LogP contribution in [0.15, 0.2) is 30.5 Å². The van der Waals surface area contributed by atoms with E-state index in [1.54, 1.807) is 10.9 Å². The lowest BCUT2D eigenvalue weighted by molar-refractivity contribution is 0.598. The Kier molecular flexibility index (Phi) is 3.22. The third kappa shape index (κ3) is 2.08. The molecule has 1 atom stereocenters. The van der Waals surface area contributed by atoms with Gasteiger partial charge in [-0.1, -0.05) is 28.9 Å². The minimum Gasteiger partial charge on any atom is -0.308 e. The summed E-state index contributed by atoms with van der Waals surface area (Å²) in [6, 6.07) is 7.83. The Labute approximate surface area is 99.2 Å². The molecule has 0 fully saturated rings. The zero-order valence-corrected chi connectivity index (χ0v) is 9.94. The smallest absolute Gasteiger partial charge is 0.0798 e. The molecule has 84 valence electrons. The molecule has 4 nitrogen and oxygen atoms in total. The number of aromatic nitrogens is 3. The summed E-state index contributed by atoms with van der Waals surface area (Å²) in [5, 5.41) is 11.8. The van der Waals surface area contributed by atoms with Crippen LogP contribution in [0.25, 0.3) is 0 Å². The van der Waals surface area contributed by atoms with Crippen molar-refractivity contribution in [2.45, 2.75) is 6.04 Å². The van der Waals surface area contributed by atoms with Gasteiger partial charge in [0.2, 0.25) is 0 Å². The second kappa shape index (κ2) is 4.63. The average molecular weight is 237 g/mol. The maximum Gasteiger partial charge on any atom is 0.0798 e. The van der Waals surface area contributed by atoms with Gasteiger partial charge in [0, 0.05) is 12.1 Å². The van der Waals surface area contributed by atoms with Gasteiger partial charge in [-0.2, -0.15) is 0 Å². The highest BCUT2D eigenvalue weighted by molar-refractivity contribution is 6.30. The Bertz CT molecular complexity index is 463. The summed E-state index contributed by atoms with van der Waals surface area (Å²) in [7, 11) is 3.79. The highest BCUT2D eigenvalue weighted by Crippen LogP contribution is 2.21. The van der Waals surface area contributed by atoms with Gasteiger partial charge in [0.25, 0.3) is 0 Å². The van der Waals surface area contributed by atoms with Crippen molar-refractivity contribution in [3.63, 3.8) is 0 Å². The van der Waals surface area contributed by atoms with E-state index in [1.807, 2.05) is 38.4 Å². The lowest BCUT2D eigenvalue weighted by Crippen LogP contribution is -2.20. The van der Waals surface area contributed by atoms with Crippen LogP contribution in [0.5, 0.6) is 0 Å². The van der Waals surface area contributed by atoms with E-state index < -0.39 is 0 Å². The second-order valence-electron chi connectivity index (χ2n) is 3.56. The summed E-state index contributed by atoms with van der Waals surface area (Å²) in [5.74, 6) is 0. The maximum atomic E-state index is 5.87. The summed E-state index contributed by atoms with van der Waals surface area (Å²) < 4.78 is 1.76. The molecule has 2 aromatic rings. The van der Waals surface area contributed by atoms with Gasteiger partial charge in [-0.3, -0.25) is 4.68 Å². The molecule has 0 aliphatic rings. The molecule has 0 spiro atoms. The predicted octanol–water partition coefficient (Wildman–Crippen LogP) is 1.78. The lowest BCUT2D eigenvalue weighted by Gasteiger charge is -2.16. The molecule has 0 radical (unpaired) electrons. The van der Waals surface area contributed by atoms with Crippen molar-refractivity contribution in [3.8, 4) is 0 Å². The molecule has 0 aliphatic heterocycles. The van der Waals surface area contributed by atoms with Crippen molar-refractivity contribution in [1.82, 2.24) is 20.3 Å². The molecule has 0 saturated heterocycles. The molecule has 5 heteroatoms. The van der Waals surface area contributed by atoms with Gasteiger partial charge in [0.05, 0.1) is 17.9 Å². The number of hydrogen-bond donors (Lipinski definition) is 1. The van der Waals surface area contributed by atoms with E-state index in [0.717, 1.165) is 16.3 Å². The molecule has 0 amide bonds. The molecular formula is C11H13ClN4. The van der Waals surface area contributed by atoms with Gasteiger partial charge in [-0.15, -0.1) is 5.10 Å². The summed E-state index contributed by atoms with van der Waals surface area (Å²) in [6.07, 6.45) is 1.76. The van der Waals surface area contributed by atoms with E-state index in [-0.39, 0.29) is 6.04 Å². The first-order valence-electron chi connectivity index (χ1n) is 4.99. The van der Waals surface area contributed by atoms with E-state index in [2.05, 4.69) is 15.6 Å². The van der Waals surface area contributed by atoms with Gasteiger partial charge < -0.3 is 5.32 Å². The molecule has 0 aliphatic carbocycles. The Balaban J connectivity index is 2.37. The quantitative estimate of drug-likeness (QED) is 0.884. The van der Waals surface area contributed by atoms with Crippen LogP contribution >= 0.6 is 11.6 Å². The number of halogens is 1. The molecular weight excluding hydrogens is 224 g/mol. The van der Waals surface area contributed by atoms with E-state index >= 15 is 0 Å². The van der Waals surface area contributed by atoms with Gasteiger partial charge in [0.15, 0.2) is 0 Å². The van der Waals surface area contributed by atoms with Crippen LogP contribution < -0.4 is 5.32 Å². The summed E-state index contributed by atoms with van der Waals surface area (Å²) >= 11 is 5.87. The van der Waals surface area contributed by atoms with Crippen LogP contribution in [-0.4, -0.2) is 22.0 Å². The molecule has 1 heterocycles. The predicted molar refractivity (Wildman–Crippen MR) is 63.4 cm³/mol. The molecule has 2 rings (SSSR count). The highest BCUT2D eigenvalue weighted by Gasteiger charge is 2.15. The fraction of sp³-hybridized carbons (Fsp3) is 0.273. The van der Waals surface area contributed by atoms with Crippen LogP contribution in [0, 0.1) is 0 Å². The molecule has 0 saturated carbocycles. The van der Waals surface area contributed by atoms with Gasteiger partial charge in [-0.05, 0) is 24.7 Å². The third-order valence-corrected chi connectivity index (χ3v) is 2.79. The van der Waals surface area contributed by atoms with E-state index in [9.17, 15) is 0 Å². The average Bonchev–Trinajstić information content (AvgIpc) is 2.69. The number of nitrogens with one attached hydrogen (secondary N) is 1. The van der Waals surface area contributed by atoms with Crippen molar-refractivity contribution >= 4 is 11.6 Å². The van der Waals surface area contributed by atoms with Crippen molar-refractivity contribution < 1.29 is 0 Å². The number of nitrogens with zero attached hydrogens (tertiary/aromatic N) is 3. The first-order valence-corrected chi connectivity index (χ1v) is 5.37. The monoisotopic (exact) mass is 236 g/mol. The van der Waals surface area contributed by atoms with Crippen LogP contribution in [0.2, 0.25) is 5.02 Å². The van der Waals surface area contributed by atoms with Gasteiger partial charge in [0.1, 0.15) is 0 Å². The van der Waals surface area contributed by atoms with Gasteiger partial charge in [-0.25, -0.2) is 0 Å². The van der Waals surface area contributed by atoms with Crippen LogP contribution in [-0.2, 0) is 7.05 Å². The standard InChI is InChI=1S/C11H13ClN4/c1-13-11(10-7-14-15-16(10)2)8-3-5-9(12)6-4-8/h3-7,11,13H,1-2H3. The Morgan fingerprint density at radius 1 is 1.31 bits per heavy atom. The summed E-state index contributed by atoms with van der Waals surface area (Å²) in [5.41, 5.74) is 2.15. The topological polar surface area (TPSA) is 42.7 Å². The van der Waals surface area contributed by atoms with Crippen molar-refractivity contribution in [1.29, 1.82) is 0 Å². The number of hydrogen-bond acceptors (Lipinski definition) is 3.